The van der Waals surface area contributed by atoms with Crippen molar-refractivity contribution >= 4 is 23.6 Å². The topological polar surface area (TPSA) is 64.6 Å². The van der Waals surface area contributed by atoms with Crippen molar-refractivity contribution in [3.05, 3.63) is 65.7 Å². The monoisotopic (exact) mass is 381 g/mol. The van der Waals surface area contributed by atoms with Crippen molar-refractivity contribution in [2.45, 2.75) is 33.1 Å². The van der Waals surface area contributed by atoms with Crippen LogP contribution in [0.1, 0.15) is 49.0 Å². The average Bonchev–Trinajstić information content (AvgIpc) is 2.72. The van der Waals surface area contributed by atoms with Crippen molar-refractivity contribution in [2.75, 3.05) is 18.5 Å². The maximum Gasteiger partial charge on any atom is 0.338 e. The third-order valence-corrected chi connectivity index (χ3v) is 3.88. The molecular weight excluding hydrogens is 354 g/mol. The SMILES string of the molecule is CCCCOC(=O)c1cccc(NC(=O)C=Cc2ccc(OCCC)cc2)c1. The van der Waals surface area contributed by atoms with E-state index in [2.05, 4.69) is 12.2 Å². The second-order valence-corrected chi connectivity index (χ2v) is 6.31. The van der Waals surface area contributed by atoms with Crippen LogP contribution < -0.4 is 10.1 Å². The number of anilines is 1. The van der Waals surface area contributed by atoms with Gasteiger partial charge < -0.3 is 14.8 Å². The summed E-state index contributed by atoms with van der Waals surface area (Å²) < 4.78 is 10.7. The first-order valence-electron chi connectivity index (χ1n) is 9.61. The quantitative estimate of drug-likeness (QED) is 0.354. The third-order valence-electron chi connectivity index (χ3n) is 3.88. The zero-order valence-electron chi connectivity index (χ0n) is 16.4. The van der Waals surface area contributed by atoms with Crippen LogP contribution in [0.4, 0.5) is 5.69 Å². The number of hydrogen-bond donors (Lipinski definition) is 1. The van der Waals surface area contributed by atoms with Crippen LogP contribution in [0.3, 0.4) is 0 Å². The number of hydrogen-bond acceptors (Lipinski definition) is 4. The summed E-state index contributed by atoms with van der Waals surface area (Å²) in [5.41, 5.74) is 1.86. The van der Waals surface area contributed by atoms with E-state index >= 15 is 0 Å². The summed E-state index contributed by atoms with van der Waals surface area (Å²) >= 11 is 0. The van der Waals surface area contributed by atoms with Gasteiger partial charge >= 0.3 is 5.97 Å². The molecule has 0 unspecified atom stereocenters. The first-order valence-corrected chi connectivity index (χ1v) is 9.61. The van der Waals surface area contributed by atoms with Gasteiger partial charge in [-0.2, -0.15) is 0 Å². The first kappa shape index (κ1) is 21.2. The molecule has 0 aliphatic rings. The van der Waals surface area contributed by atoms with E-state index in [1.807, 2.05) is 31.2 Å². The van der Waals surface area contributed by atoms with E-state index in [4.69, 9.17) is 9.47 Å². The number of ether oxygens (including phenoxy) is 2. The molecular formula is C23H27NO4. The van der Waals surface area contributed by atoms with Crippen molar-refractivity contribution in [1.82, 2.24) is 0 Å². The Bertz CT molecular complexity index is 797. The van der Waals surface area contributed by atoms with Gasteiger partial charge in [0.15, 0.2) is 0 Å². The Morgan fingerprint density at radius 2 is 1.79 bits per heavy atom. The summed E-state index contributed by atoms with van der Waals surface area (Å²) in [6.45, 7) is 5.17. The summed E-state index contributed by atoms with van der Waals surface area (Å²) in [4.78, 5) is 24.1. The number of benzene rings is 2. The molecule has 0 saturated heterocycles. The van der Waals surface area contributed by atoms with Crippen LogP contribution in [0.2, 0.25) is 0 Å². The fourth-order valence-corrected chi connectivity index (χ4v) is 2.37. The van der Waals surface area contributed by atoms with E-state index < -0.39 is 0 Å². The summed E-state index contributed by atoms with van der Waals surface area (Å²) in [6, 6.07) is 14.3. The van der Waals surface area contributed by atoms with Gasteiger partial charge in [0.2, 0.25) is 5.91 Å². The first-order chi connectivity index (χ1) is 13.6. The van der Waals surface area contributed by atoms with E-state index in [9.17, 15) is 9.59 Å². The molecule has 148 valence electrons. The molecule has 0 aliphatic heterocycles. The zero-order chi connectivity index (χ0) is 20.2. The van der Waals surface area contributed by atoms with Crippen molar-refractivity contribution < 1.29 is 19.1 Å². The molecule has 1 N–H and O–H groups in total. The molecule has 0 radical (unpaired) electrons. The van der Waals surface area contributed by atoms with Crippen molar-refractivity contribution in [2.24, 2.45) is 0 Å². The second-order valence-electron chi connectivity index (χ2n) is 6.31. The molecule has 0 aromatic heterocycles. The molecule has 28 heavy (non-hydrogen) atoms. The van der Waals surface area contributed by atoms with E-state index in [1.54, 1.807) is 30.3 Å². The van der Waals surface area contributed by atoms with E-state index in [-0.39, 0.29) is 11.9 Å². The van der Waals surface area contributed by atoms with Crippen LogP contribution in [0.5, 0.6) is 5.75 Å². The minimum atomic E-state index is -0.384. The molecule has 0 fully saturated rings. The van der Waals surface area contributed by atoms with Crippen LogP contribution in [-0.4, -0.2) is 25.1 Å². The molecule has 0 aliphatic carbocycles. The number of carbonyl (C=O) groups excluding carboxylic acids is 2. The van der Waals surface area contributed by atoms with Crippen molar-refractivity contribution in [1.29, 1.82) is 0 Å². The van der Waals surface area contributed by atoms with Crippen LogP contribution >= 0.6 is 0 Å². The van der Waals surface area contributed by atoms with E-state index in [0.717, 1.165) is 30.6 Å². The van der Waals surface area contributed by atoms with Gasteiger partial charge in [-0.1, -0.05) is 38.5 Å². The molecule has 1 amide bonds. The fraction of sp³-hybridized carbons (Fsp3) is 0.304. The summed E-state index contributed by atoms with van der Waals surface area (Å²) in [6.07, 6.45) is 5.93. The predicted molar refractivity (Wildman–Crippen MR) is 112 cm³/mol. The summed E-state index contributed by atoms with van der Waals surface area (Å²) in [5.74, 6) is 0.152. The number of unbranched alkanes of at least 4 members (excludes halogenated alkanes) is 1. The highest BCUT2D eigenvalue weighted by Gasteiger charge is 2.08. The molecule has 0 spiro atoms. The van der Waals surface area contributed by atoms with E-state index in [1.165, 1.54) is 6.08 Å². The highest BCUT2D eigenvalue weighted by atomic mass is 16.5. The van der Waals surface area contributed by atoms with Crippen molar-refractivity contribution in [3.8, 4) is 5.75 Å². The lowest BCUT2D eigenvalue weighted by atomic mass is 10.2. The number of amides is 1. The molecule has 0 bridgehead atoms. The molecule has 5 heteroatoms. The molecule has 2 aromatic rings. The van der Waals surface area contributed by atoms with Crippen LogP contribution in [0.25, 0.3) is 6.08 Å². The normalized spacial score (nSPS) is 10.6. The molecule has 0 atom stereocenters. The minimum absolute atomic E-state index is 0.275. The van der Waals surface area contributed by atoms with Crippen LogP contribution in [0, 0.1) is 0 Å². The second kappa shape index (κ2) is 11.6. The van der Waals surface area contributed by atoms with Gasteiger partial charge in [-0.3, -0.25) is 4.79 Å². The van der Waals surface area contributed by atoms with Crippen LogP contribution in [-0.2, 0) is 9.53 Å². The van der Waals surface area contributed by atoms with Gasteiger partial charge in [-0.05, 0) is 54.8 Å². The Morgan fingerprint density at radius 3 is 2.50 bits per heavy atom. The number of carbonyl (C=O) groups is 2. The maximum atomic E-state index is 12.1. The lowest BCUT2D eigenvalue weighted by Gasteiger charge is -2.07. The molecule has 5 nitrogen and oxygen atoms in total. The Labute approximate surface area is 166 Å². The predicted octanol–water partition coefficient (Wildman–Crippen LogP) is 5.08. The van der Waals surface area contributed by atoms with Gasteiger partial charge in [-0.15, -0.1) is 0 Å². The largest absolute Gasteiger partial charge is 0.494 e. The fourth-order valence-electron chi connectivity index (χ4n) is 2.37. The van der Waals surface area contributed by atoms with Gasteiger partial charge in [0, 0.05) is 11.8 Å². The highest BCUT2D eigenvalue weighted by molar-refractivity contribution is 6.02. The maximum absolute atomic E-state index is 12.1. The number of nitrogens with one attached hydrogen (secondary N) is 1. The summed E-state index contributed by atoms with van der Waals surface area (Å²) in [5, 5.41) is 2.76. The average molecular weight is 381 g/mol. The lowest BCUT2D eigenvalue weighted by molar-refractivity contribution is -0.111. The zero-order valence-corrected chi connectivity index (χ0v) is 16.4. The molecule has 2 aromatic carbocycles. The Morgan fingerprint density at radius 1 is 1.00 bits per heavy atom. The van der Waals surface area contributed by atoms with Gasteiger partial charge in [0.25, 0.3) is 0 Å². The smallest absolute Gasteiger partial charge is 0.338 e. The Hall–Kier alpha value is -3.08. The number of rotatable bonds is 10. The lowest BCUT2D eigenvalue weighted by Crippen LogP contribution is -2.10. The third kappa shape index (κ3) is 7.27. The number of esters is 1. The standard InChI is InChI=1S/C23H27NO4/c1-3-5-16-28-23(26)19-7-6-8-20(17-19)24-22(25)14-11-18-9-12-21(13-10-18)27-15-4-2/h6-14,17H,3-5,15-16H2,1-2H3,(H,24,25). The molecule has 0 heterocycles. The Balaban J connectivity index is 1.91. The minimum Gasteiger partial charge on any atom is -0.494 e. The van der Waals surface area contributed by atoms with Crippen LogP contribution in [0.15, 0.2) is 54.6 Å². The van der Waals surface area contributed by atoms with Gasteiger partial charge in [0.1, 0.15) is 5.75 Å². The summed E-state index contributed by atoms with van der Waals surface area (Å²) in [7, 11) is 0. The molecule has 2 rings (SSSR count). The van der Waals surface area contributed by atoms with E-state index in [0.29, 0.717) is 24.5 Å². The van der Waals surface area contributed by atoms with Gasteiger partial charge in [-0.25, -0.2) is 4.79 Å². The highest BCUT2D eigenvalue weighted by Crippen LogP contribution is 2.15. The Kier molecular flexibility index (Phi) is 8.79. The van der Waals surface area contributed by atoms with Crippen molar-refractivity contribution in [3.63, 3.8) is 0 Å². The van der Waals surface area contributed by atoms with Gasteiger partial charge in [0.05, 0.1) is 18.8 Å². The molecule has 0 saturated carbocycles.